The second kappa shape index (κ2) is 5.71. The SMILES string of the molecule is C/C=C/C(=C/c1ccccc1)O[Si](C)(C)C. The summed E-state index contributed by atoms with van der Waals surface area (Å²) in [7, 11) is -1.53. The summed E-state index contributed by atoms with van der Waals surface area (Å²) in [6.45, 7) is 8.58. The van der Waals surface area contributed by atoms with Gasteiger partial charge in [0.2, 0.25) is 8.32 Å². The zero-order chi connectivity index (χ0) is 12.0. The zero-order valence-corrected chi connectivity index (χ0v) is 11.5. The zero-order valence-electron chi connectivity index (χ0n) is 10.5. The van der Waals surface area contributed by atoms with Crippen LogP contribution in [0.1, 0.15) is 12.5 Å². The third-order valence-electron chi connectivity index (χ3n) is 1.86. The number of benzene rings is 1. The van der Waals surface area contributed by atoms with Crippen LogP contribution in [0.5, 0.6) is 0 Å². The minimum atomic E-state index is -1.53. The molecule has 0 N–H and O–H groups in total. The lowest BCUT2D eigenvalue weighted by Gasteiger charge is -2.20. The van der Waals surface area contributed by atoms with Gasteiger partial charge >= 0.3 is 0 Å². The first-order chi connectivity index (χ1) is 7.51. The molecule has 0 heterocycles. The third-order valence-corrected chi connectivity index (χ3v) is 2.71. The molecule has 0 aliphatic heterocycles. The van der Waals surface area contributed by atoms with Crippen molar-refractivity contribution in [2.75, 3.05) is 0 Å². The van der Waals surface area contributed by atoms with Crippen molar-refractivity contribution < 1.29 is 4.43 Å². The second-order valence-corrected chi connectivity index (χ2v) is 9.10. The predicted molar refractivity (Wildman–Crippen MR) is 73.7 cm³/mol. The maximum Gasteiger partial charge on any atom is 0.242 e. The fraction of sp³-hybridized carbons (Fsp3) is 0.286. The molecule has 0 aromatic heterocycles. The van der Waals surface area contributed by atoms with Crippen LogP contribution in [0.3, 0.4) is 0 Å². The Hall–Kier alpha value is -1.28. The maximum absolute atomic E-state index is 6.00. The van der Waals surface area contributed by atoms with Crippen molar-refractivity contribution in [2.45, 2.75) is 26.6 Å². The number of rotatable bonds is 4. The molecule has 0 radical (unpaired) electrons. The molecule has 0 atom stereocenters. The minimum Gasteiger partial charge on any atom is -0.544 e. The molecule has 0 bridgehead atoms. The molecular formula is C14H20OSi. The molecule has 1 aromatic carbocycles. The largest absolute Gasteiger partial charge is 0.544 e. The van der Waals surface area contributed by atoms with Crippen LogP contribution in [0.15, 0.2) is 48.2 Å². The highest BCUT2D eigenvalue weighted by Crippen LogP contribution is 2.15. The van der Waals surface area contributed by atoms with E-state index in [0.29, 0.717) is 0 Å². The molecule has 1 rings (SSSR count). The monoisotopic (exact) mass is 232 g/mol. The van der Waals surface area contributed by atoms with E-state index < -0.39 is 8.32 Å². The van der Waals surface area contributed by atoms with Crippen LogP contribution in [0, 0.1) is 0 Å². The smallest absolute Gasteiger partial charge is 0.242 e. The lowest BCUT2D eigenvalue weighted by molar-refractivity contribution is 0.446. The Kier molecular flexibility index (Phi) is 4.56. The van der Waals surface area contributed by atoms with Gasteiger partial charge in [0.25, 0.3) is 0 Å². The van der Waals surface area contributed by atoms with Crippen molar-refractivity contribution in [3.63, 3.8) is 0 Å². The average molecular weight is 232 g/mol. The van der Waals surface area contributed by atoms with E-state index in [4.69, 9.17) is 4.43 Å². The molecule has 0 spiro atoms. The molecule has 1 aromatic rings. The Morgan fingerprint density at radius 2 is 1.75 bits per heavy atom. The summed E-state index contributed by atoms with van der Waals surface area (Å²) in [5.41, 5.74) is 1.17. The molecule has 0 aliphatic carbocycles. The summed E-state index contributed by atoms with van der Waals surface area (Å²) in [5.74, 6) is 0.952. The second-order valence-electron chi connectivity index (χ2n) is 4.67. The van der Waals surface area contributed by atoms with Crippen LogP contribution >= 0.6 is 0 Å². The van der Waals surface area contributed by atoms with Gasteiger partial charge < -0.3 is 4.43 Å². The highest BCUT2D eigenvalue weighted by Gasteiger charge is 2.16. The standard InChI is InChI=1S/C14H20OSi/c1-5-9-14(15-16(2,3)4)12-13-10-7-6-8-11-13/h5-12H,1-4H3/b9-5+,14-12-. The van der Waals surface area contributed by atoms with E-state index in [1.807, 2.05) is 37.3 Å². The van der Waals surface area contributed by atoms with Crippen molar-refractivity contribution in [1.82, 2.24) is 0 Å². The first-order valence-electron chi connectivity index (χ1n) is 5.60. The quantitative estimate of drug-likeness (QED) is 0.423. The third kappa shape index (κ3) is 4.98. The number of hydrogen-bond acceptors (Lipinski definition) is 1. The molecule has 0 amide bonds. The lowest BCUT2D eigenvalue weighted by Crippen LogP contribution is -2.24. The molecule has 1 nitrogen and oxygen atoms in total. The number of hydrogen-bond donors (Lipinski definition) is 0. The fourth-order valence-corrected chi connectivity index (χ4v) is 2.18. The van der Waals surface area contributed by atoms with Gasteiger partial charge in [-0.2, -0.15) is 0 Å². The first-order valence-corrected chi connectivity index (χ1v) is 9.00. The normalized spacial score (nSPS) is 13.1. The molecule has 16 heavy (non-hydrogen) atoms. The van der Waals surface area contributed by atoms with Crippen LogP contribution < -0.4 is 0 Å². The number of allylic oxidation sites excluding steroid dienone is 2. The van der Waals surface area contributed by atoms with Crippen molar-refractivity contribution in [1.29, 1.82) is 0 Å². The van der Waals surface area contributed by atoms with Gasteiger partial charge in [0.05, 0.1) is 0 Å². The Balaban J connectivity index is 2.90. The van der Waals surface area contributed by atoms with Gasteiger partial charge in [0, 0.05) is 0 Å². The van der Waals surface area contributed by atoms with Crippen molar-refractivity contribution in [2.24, 2.45) is 0 Å². The van der Waals surface area contributed by atoms with Gasteiger partial charge in [-0.15, -0.1) is 0 Å². The summed E-state index contributed by atoms with van der Waals surface area (Å²) in [6, 6.07) is 10.3. The van der Waals surface area contributed by atoms with Gasteiger partial charge in [0.1, 0.15) is 5.76 Å². The van der Waals surface area contributed by atoms with Crippen LogP contribution in [0.4, 0.5) is 0 Å². The summed E-state index contributed by atoms with van der Waals surface area (Å²) >= 11 is 0. The minimum absolute atomic E-state index is 0.952. The Labute approximate surface area is 99.6 Å². The van der Waals surface area contributed by atoms with Gasteiger partial charge in [-0.1, -0.05) is 36.4 Å². The highest BCUT2D eigenvalue weighted by molar-refractivity contribution is 6.70. The van der Waals surface area contributed by atoms with Crippen molar-refractivity contribution >= 4 is 14.4 Å². The summed E-state index contributed by atoms with van der Waals surface area (Å²) in [4.78, 5) is 0. The average Bonchev–Trinajstić information content (AvgIpc) is 2.17. The maximum atomic E-state index is 6.00. The van der Waals surface area contributed by atoms with E-state index in [0.717, 1.165) is 5.76 Å². The van der Waals surface area contributed by atoms with Gasteiger partial charge in [-0.25, -0.2) is 0 Å². The summed E-state index contributed by atoms with van der Waals surface area (Å²) in [6.07, 6.45) is 6.11. The molecule has 2 heteroatoms. The Bertz CT molecular complexity index is 371. The predicted octanol–water partition coefficient (Wildman–Crippen LogP) is 4.46. The molecular weight excluding hydrogens is 212 g/mol. The molecule has 86 valence electrons. The van der Waals surface area contributed by atoms with Crippen LogP contribution in [0.2, 0.25) is 19.6 Å². The molecule has 0 unspecified atom stereocenters. The van der Waals surface area contributed by atoms with E-state index in [1.165, 1.54) is 5.56 Å². The van der Waals surface area contributed by atoms with Gasteiger partial charge in [-0.3, -0.25) is 0 Å². The topological polar surface area (TPSA) is 9.23 Å². The van der Waals surface area contributed by atoms with E-state index >= 15 is 0 Å². The lowest BCUT2D eigenvalue weighted by atomic mass is 10.2. The molecule has 0 fully saturated rings. The Morgan fingerprint density at radius 3 is 2.25 bits per heavy atom. The molecule has 0 aliphatic rings. The van der Waals surface area contributed by atoms with Gasteiger partial charge in [-0.05, 0) is 44.3 Å². The summed E-state index contributed by atoms with van der Waals surface area (Å²) < 4.78 is 6.00. The van der Waals surface area contributed by atoms with Crippen LogP contribution in [0.25, 0.3) is 6.08 Å². The van der Waals surface area contributed by atoms with Crippen LogP contribution in [-0.4, -0.2) is 8.32 Å². The van der Waals surface area contributed by atoms with Crippen LogP contribution in [-0.2, 0) is 4.43 Å². The van der Waals surface area contributed by atoms with E-state index in [9.17, 15) is 0 Å². The van der Waals surface area contributed by atoms with E-state index in [-0.39, 0.29) is 0 Å². The van der Waals surface area contributed by atoms with E-state index in [2.05, 4.69) is 37.8 Å². The Morgan fingerprint density at radius 1 is 1.12 bits per heavy atom. The van der Waals surface area contributed by atoms with Crippen molar-refractivity contribution in [3.05, 3.63) is 53.8 Å². The fourth-order valence-electron chi connectivity index (χ4n) is 1.34. The first kappa shape index (κ1) is 12.8. The highest BCUT2D eigenvalue weighted by atomic mass is 28.4. The molecule has 0 saturated heterocycles. The van der Waals surface area contributed by atoms with E-state index in [1.54, 1.807) is 0 Å². The van der Waals surface area contributed by atoms with Crippen molar-refractivity contribution in [3.8, 4) is 0 Å². The molecule has 0 saturated carbocycles. The van der Waals surface area contributed by atoms with Gasteiger partial charge in [0.15, 0.2) is 0 Å². The summed E-state index contributed by atoms with van der Waals surface area (Å²) in [5, 5.41) is 0.